The molecule has 146 valence electrons. The van der Waals surface area contributed by atoms with Crippen molar-refractivity contribution in [1.29, 1.82) is 0 Å². The molecule has 2 aliphatic carbocycles. The van der Waals surface area contributed by atoms with Gasteiger partial charge in [0.05, 0.1) is 6.61 Å². The molecule has 1 aromatic rings. The van der Waals surface area contributed by atoms with Crippen LogP contribution < -0.4 is 0 Å². The lowest BCUT2D eigenvalue weighted by Gasteiger charge is -2.18. The summed E-state index contributed by atoms with van der Waals surface area (Å²) in [5.74, 6) is -0.0348. The highest BCUT2D eigenvalue weighted by Crippen LogP contribution is 2.23. The van der Waals surface area contributed by atoms with Crippen molar-refractivity contribution in [3.05, 3.63) is 71.3 Å². The summed E-state index contributed by atoms with van der Waals surface area (Å²) in [5, 5.41) is 9.17. The fourth-order valence-electron chi connectivity index (χ4n) is 3.48. The Bertz CT molecular complexity index is 844. The van der Waals surface area contributed by atoms with Crippen LogP contribution in [0.25, 0.3) is 12.2 Å². The van der Waals surface area contributed by atoms with E-state index >= 15 is 0 Å². The number of aliphatic hydroxyl groups is 1. The van der Waals surface area contributed by atoms with Crippen molar-refractivity contribution in [1.82, 2.24) is 0 Å². The molecule has 0 saturated carbocycles. The molecule has 1 N–H and O–H groups in total. The zero-order valence-electron chi connectivity index (χ0n) is 16.1. The Kier molecular flexibility index (Phi) is 6.90. The van der Waals surface area contributed by atoms with E-state index in [4.69, 9.17) is 9.84 Å². The second-order valence-corrected chi connectivity index (χ2v) is 7.28. The van der Waals surface area contributed by atoms with E-state index in [0.29, 0.717) is 12.8 Å². The number of carbonyl (C=O) groups excluding carboxylic acids is 2. The predicted molar refractivity (Wildman–Crippen MR) is 110 cm³/mol. The van der Waals surface area contributed by atoms with Crippen LogP contribution in [-0.4, -0.2) is 36.5 Å². The number of hydrogen-bond donors (Lipinski definition) is 1. The van der Waals surface area contributed by atoms with Crippen LogP contribution in [-0.2, 0) is 14.3 Å². The largest absolute Gasteiger partial charge is 0.396 e. The van der Waals surface area contributed by atoms with E-state index in [0.717, 1.165) is 23.1 Å². The van der Waals surface area contributed by atoms with Crippen molar-refractivity contribution >= 4 is 23.7 Å². The second-order valence-electron chi connectivity index (χ2n) is 7.28. The maximum Gasteiger partial charge on any atom is 0.166 e. The van der Waals surface area contributed by atoms with Gasteiger partial charge >= 0.3 is 0 Å². The molecule has 0 saturated heterocycles. The van der Waals surface area contributed by atoms with Gasteiger partial charge in [-0.05, 0) is 41.7 Å². The molecule has 0 radical (unpaired) electrons. The van der Waals surface area contributed by atoms with Gasteiger partial charge in [0.2, 0.25) is 0 Å². The topological polar surface area (TPSA) is 63.6 Å². The first-order valence-corrected chi connectivity index (χ1v) is 9.64. The standard InChI is InChI=1S/C24H26O4/c1-28-24-12-10-20(15-23(24)27)8-6-18-4-2-3-17(13-18)5-7-19-9-11-21(16-25)22(26)14-19/h2-8,10,12-14,20-21,24-25H,9,11,15-16H2,1H3/b7-5?,8-6+. The van der Waals surface area contributed by atoms with Crippen molar-refractivity contribution < 1.29 is 19.4 Å². The minimum atomic E-state index is -0.410. The Balaban J connectivity index is 1.65. The van der Waals surface area contributed by atoms with Gasteiger partial charge in [0.15, 0.2) is 11.6 Å². The zero-order valence-corrected chi connectivity index (χ0v) is 16.1. The van der Waals surface area contributed by atoms with Crippen LogP contribution in [0.4, 0.5) is 0 Å². The third-order valence-corrected chi connectivity index (χ3v) is 5.21. The Morgan fingerprint density at radius 2 is 1.93 bits per heavy atom. The van der Waals surface area contributed by atoms with Gasteiger partial charge in [-0.3, -0.25) is 9.59 Å². The summed E-state index contributed by atoms with van der Waals surface area (Å²) in [6, 6.07) is 8.10. The van der Waals surface area contributed by atoms with Gasteiger partial charge in [0.25, 0.3) is 0 Å². The first-order valence-electron chi connectivity index (χ1n) is 9.64. The lowest BCUT2D eigenvalue weighted by atomic mass is 9.89. The van der Waals surface area contributed by atoms with Crippen molar-refractivity contribution in [2.75, 3.05) is 13.7 Å². The van der Waals surface area contributed by atoms with Crippen LogP contribution in [0.2, 0.25) is 0 Å². The third kappa shape index (κ3) is 5.24. The first-order chi connectivity index (χ1) is 13.6. The average molecular weight is 378 g/mol. The van der Waals surface area contributed by atoms with Crippen molar-refractivity contribution in [2.45, 2.75) is 25.4 Å². The summed E-state index contributed by atoms with van der Waals surface area (Å²) in [5.41, 5.74) is 3.11. The van der Waals surface area contributed by atoms with E-state index in [2.05, 4.69) is 6.07 Å². The van der Waals surface area contributed by atoms with Crippen LogP contribution in [0.1, 0.15) is 30.4 Å². The van der Waals surface area contributed by atoms with E-state index in [1.807, 2.05) is 54.7 Å². The second kappa shape index (κ2) is 9.58. The summed E-state index contributed by atoms with van der Waals surface area (Å²) in [6.07, 6.45) is 15.1. The molecule has 2 aliphatic rings. The van der Waals surface area contributed by atoms with Gasteiger partial charge in [0.1, 0.15) is 6.10 Å². The van der Waals surface area contributed by atoms with Gasteiger partial charge < -0.3 is 9.84 Å². The molecule has 3 atom stereocenters. The van der Waals surface area contributed by atoms with Gasteiger partial charge in [-0.25, -0.2) is 0 Å². The molecule has 0 amide bonds. The molecule has 28 heavy (non-hydrogen) atoms. The Labute approximate surface area is 165 Å². The normalized spacial score (nSPS) is 25.6. The number of aliphatic hydroxyl groups excluding tert-OH is 1. The Morgan fingerprint density at radius 3 is 2.61 bits per heavy atom. The molecule has 0 aromatic heterocycles. The zero-order chi connectivity index (χ0) is 19.9. The van der Waals surface area contributed by atoms with Crippen LogP contribution in [0, 0.1) is 11.8 Å². The number of hydrogen-bond acceptors (Lipinski definition) is 4. The first kappa shape index (κ1) is 20.2. The maximum absolute atomic E-state index is 11.9. The van der Waals surface area contributed by atoms with Crippen LogP contribution in [0.5, 0.6) is 0 Å². The molecule has 4 heteroatoms. The minimum absolute atomic E-state index is 0.0101. The minimum Gasteiger partial charge on any atom is -0.396 e. The molecular weight excluding hydrogens is 352 g/mol. The SMILES string of the molecule is COC1C=CC(/C=C/c2cccc(C=CC3=CC(=O)C(CO)CC3)c2)CC1=O. The average Bonchev–Trinajstić information content (AvgIpc) is 2.71. The number of methoxy groups -OCH3 is 1. The van der Waals surface area contributed by atoms with Gasteiger partial charge in [0, 0.05) is 25.4 Å². The summed E-state index contributed by atoms with van der Waals surface area (Å²) >= 11 is 0. The van der Waals surface area contributed by atoms with Gasteiger partial charge in [-0.2, -0.15) is 0 Å². The number of ketones is 2. The maximum atomic E-state index is 11.9. The van der Waals surface area contributed by atoms with Gasteiger partial charge in [-0.15, -0.1) is 0 Å². The Hall–Kier alpha value is -2.56. The number of ether oxygens (including phenoxy) is 1. The summed E-state index contributed by atoms with van der Waals surface area (Å²) in [4.78, 5) is 23.8. The molecule has 0 bridgehead atoms. The fraction of sp³-hybridized carbons (Fsp3) is 0.333. The highest BCUT2D eigenvalue weighted by Gasteiger charge is 2.22. The number of rotatable bonds is 6. The summed E-state index contributed by atoms with van der Waals surface area (Å²) in [7, 11) is 1.55. The van der Waals surface area contributed by atoms with Crippen molar-refractivity contribution in [3.8, 4) is 0 Å². The van der Waals surface area contributed by atoms with Crippen molar-refractivity contribution in [3.63, 3.8) is 0 Å². The monoisotopic (exact) mass is 378 g/mol. The quantitative estimate of drug-likeness (QED) is 0.766. The summed E-state index contributed by atoms with van der Waals surface area (Å²) < 4.78 is 5.12. The van der Waals surface area contributed by atoms with E-state index in [1.54, 1.807) is 13.2 Å². The molecule has 0 aliphatic heterocycles. The number of Topliss-reactive ketones (excluding diaryl/α,β-unsaturated/α-hetero) is 1. The van der Waals surface area contributed by atoms with Gasteiger partial charge in [-0.1, -0.05) is 54.7 Å². The summed E-state index contributed by atoms with van der Waals surface area (Å²) in [6.45, 7) is -0.0748. The highest BCUT2D eigenvalue weighted by atomic mass is 16.5. The lowest BCUT2D eigenvalue weighted by molar-refractivity contribution is -0.127. The van der Waals surface area contributed by atoms with E-state index in [9.17, 15) is 9.59 Å². The van der Waals surface area contributed by atoms with Crippen molar-refractivity contribution in [2.24, 2.45) is 11.8 Å². The molecular formula is C24H26O4. The van der Waals surface area contributed by atoms with Crippen LogP contribution in [0.3, 0.4) is 0 Å². The molecule has 0 spiro atoms. The van der Waals surface area contributed by atoms with E-state index in [1.165, 1.54) is 0 Å². The molecule has 3 unspecified atom stereocenters. The molecule has 1 aromatic carbocycles. The Morgan fingerprint density at radius 1 is 1.14 bits per heavy atom. The number of benzene rings is 1. The van der Waals surface area contributed by atoms with E-state index < -0.39 is 6.10 Å². The van der Waals surface area contributed by atoms with Crippen LogP contribution >= 0.6 is 0 Å². The number of allylic oxidation sites excluding steroid dienone is 5. The predicted octanol–water partition coefficient (Wildman–Crippen LogP) is 3.77. The van der Waals surface area contributed by atoms with E-state index in [-0.39, 0.29) is 30.0 Å². The molecule has 3 rings (SSSR count). The number of carbonyl (C=O) groups is 2. The highest BCUT2D eigenvalue weighted by molar-refractivity contribution is 5.94. The smallest absolute Gasteiger partial charge is 0.166 e. The fourth-order valence-corrected chi connectivity index (χ4v) is 3.48. The lowest BCUT2D eigenvalue weighted by Crippen LogP contribution is -2.25. The molecule has 0 fully saturated rings. The molecule has 0 heterocycles. The van der Waals surface area contributed by atoms with Crippen LogP contribution in [0.15, 0.2) is 60.2 Å². The third-order valence-electron chi connectivity index (χ3n) is 5.21. The molecule has 4 nitrogen and oxygen atoms in total.